The quantitative estimate of drug-likeness (QED) is 0.585. The summed E-state index contributed by atoms with van der Waals surface area (Å²) >= 11 is 0. The lowest BCUT2D eigenvalue weighted by Crippen LogP contribution is -2.10. The molecule has 0 bridgehead atoms. The average molecular weight is 156 g/mol. The van der Waals surface area contributed by atoms with Gasteiger partial charge in [0.05, 0.1) is 6.42 Å². The number of rotatable bonds is 3. The van der Waals surface area contributed by atoms with Crippen LogP contribution in [0.2, 0.25) is 0 Å². The number of carbonyl (C=O) groups excluding carboxylic acids is 1. The predicted molar refractivity (Wildman–Crippen MR) is 43.2 cm³/mol. The molecule has 0 spiro atoms. The summed E-state index contributed by atoms with van der Waals surface area (Å²) in [5, 5.41) is 0. The minimum Gasteiger partial charge on any atom is -0.462 e. The molecule has 0 N–H and O–H groups in total. The summed E-state index contributed by atoms with van der Waals surface area (Å²) in [7, 11) is 0. The van der Waals surface area contributed by atoms with Crippen LogP contribution < -0.4 is 0 Å². The maximum absolute atomic E-state index is 10.8. The summed E-state index contributed by atoms with van der Waals surface area (Å²) in [6.45, 7) is 4.16. The Morgan fingerprint density at radius 3 is 2.82 bits per heavy atom. The predicted octanol–water partition coefficient (Wildman–Crippen LogP) is 2.13. The summed E-state index contributed by atoms with van der Waals surface area (Å²) in [4.78, 5) is 10.8. The van der Waals surface area contributed by atoms with Gasteiger partial charge in [0, 0.05) is 5.92 Å². The van der Waals surface area contributed by atoms with Gasteiger partial charge in [0.25, 0.3) is 0 Å². The van der Waals surface area contributed by atoms with Gasteiger partial charge in [-0.1, -0.05) is 19.8 Å². The van der Waals surface area contributed by atoms with Crippen LogP contribution in [0.25, 0.3) is 0 Å². The number of ether oxygens (including phenoxy) is 1. The van der Waals surface area contributed by atoms with E-state index in [-0.39, 0.29) is 12.1 Å². The van der Waals surface area contributed by atoms with Crippen molar-refractivity contribution < 1.29 is 9.53 Å². The van der Waals surface area contributed by atoms with Crippen LogP contribution in [-0.2, 0) is 9.53 Å². The molecule has 0 unspecified atom stereocenters. The van der Waals surface area contributed by atoms with E-state index in [1.54, 1.807) is 0 Å². The Morgan fingerprint density at radius 1 is 1.64 bits per heavy atom. The SMILES string of the molecule is CCCC[C@H]1CC(=O)O[C@@H]1C. The molecule has 1 heterocycles. The molecular formula is C9H16O2. The molecule has 0 radical (unpaired) electrons. The van der Waals surface area contributed by atoms with Crippen LogP contribution >= 0.6 is 0 Å². The molecule has 1 fully saturated rings. The smallest absolute Gasteiger partial charge is 0.306 e. The number of hydrogen-bond acceptors (Lipinski definition) is 2. The van der Waals surface area contributed by atoms with Crippen LogP contribution in [0.5, 0.6) is 0 Å². The van der Waals surface area contributed by atoms with Crippen molar-refractivity contribution >= 4 is 5.97 Å². The molecule has 0 aliphatic carbocycles. The summed E-state index contributed by atoms with van der Waals surface area (Å²) < 4.78 is 5.03. The molecular weight excluding hydrogens is 140 g/mol. The van der Waals surface area contributed by atoms with Crippen molar-refractivity contribution in [3.05, 3.63) is 0 Å². The highest BCUT2D eigenvalue weighted by Gasteiger charge is 2.30. The van der Waals surface area contributed by atoms with Crippen LogP contribution in [0.15, 0.2) is 0 Å². The van der Waals surface area contributed by atoms with E-state index >= 15 is 0 Å². The Bertz CT molecular complexity index is 142. The van der Waals surface area contributed by atoms with E-state index in [0.29, 0.717) is 12.3 Å². The lowest BCUT2D eigenvalue weighted by atomic mass is 9.96. The maximum atomic E-state index is 10.8. The molecule has 0 aromatic carbocycles. The molecule has 2 nitrogen and oxygen atoms in total. The highest BCUT2D eigenvalue weighted by atomic mass is 16.5. The van der Waals surface area contributed by atoms with Crippen molar-refractivity contribution in [2.24, 2.45) is 5.92 Å². The minimum absolute atomic E-state index is 0.0152. The van der Waals surface area contributed by atoms with Crippen LogP contribution in [0.3, 0.4) is 0 Å². The Kier molecular flexibility index (Phi) is 2.92. The van der Waals surface area contributed by atoms with Gasteiger partial charge in [0.2, 0.25) is 0 Å². The number of esters is 1. The Labute approximate surface area is 67.9 Å². The van der Waals surface area contributed by atoms with Crippen LogP contribution in [-0.4, -0.2) is 12.1 Å². The van der Waals surface area contributed by atoms with E-state index in [1.807, 2.05) is 6.92 Å². The van der Waals surface area contributed by atoms with Gasteiger partial charge in [-0.05, 0) is 13.3 Å². The molecule has 0 saturated carbocycles. The zero-order valence-corrected chi connectivity index (χ0v) is 7.30. The monoisotopic (exact) mass is 156 g/mol. The first kappa shape index (κ1) is 8.57. The molecule has 1 saturated heterocycles. The molecule has 0 amide bonds. The van der Waals surface area contributed by atoms with E-state index in [2.05, 4.69) is 6.92 Å². The summed E-state index contributed by atoms with van der Waals surface area (Å²) in [5.74, 6) is 0.473. The minimum atomic E-state index is -0.0152. The first-order valence-electron chi connectivity index (χ1n) is 4.43. The zero-order chi connectivity index (χ0) is 8.27. The van der Waals surface area contributed by atoms with Gasteiger partial charge in [0.15, 0.2) is 0 Å². The van der Waals surface area contributed by atoms with Crippen molar-refractivity contribution in [3.63, 3.8) is 0 Å². The standard InChI is InChI=1S/C9H16O2/c1-3-4-5-8-6-9(10)11-7(8)2/h7-8H,3-6H2,1-2H3/t7-,8+/m1/s1. The van der Waals surface area contributed by atoms with Gasteiger partial charge in [0.1, 0.15) is 6.10 Å². The molecule has 0 aromatic heterocycles. The zero-order valence-electron chi connectivity index (χ0n) is 7.30. The molecule has 2 heteroatoms. The van der Waals surface area contributed by atoms with Crippen molar-refractivity contribution in [1.82, 2.24) is 0 Å². The first-order chi connectivity index (χ1) is 5.24. The van der Waals surface area contributed by atoms with Crippen molar-refractivity contribution in [1.29, 1.82) is 0 Å². The van der Waals surface area contributed by atoms with E-state index in [9.17, 15) is 4.79 Å². The fourth-order valence-corrected chi connectivity index (χ4v) is 1.53. The molecule has 1 rings (SSSR count). The molecule has 0 aromatic rings. The average Bonchev–Trinajstić information content (AvgIpc) is 2.26. The number of carbonyl (C=O) groups is 1. The Hall–Kier alpha value is -0.530. The molecule has 2 atom stereocenters. The third-order valence-corrected chi connectivity index (χ3v) is 2.34. The number of hydrogen-bond donors (Lipinski definition) is 0. The van der Waals surface area contributed by atoms with Gasteiger partial charge < -0.3 is 4.74 Å². The van der Waals surface area contributed by atoms with Crippen LogP contribution in [0, 0.1) is 5.92 Å². The molecule has 1 aliphatic heterocycles. The Balaban J connectivity index is 2.28. The highest BCUT2D eigenvalue weighted by Crippen LogP contribution is 2.26. The van der Waals surface area contributed by atoms with Gasteiger partial charge in [-0.3, -0.25) is 4.79 Å². The van der Waals surface area contributed by atoms with Gasteiger partial charge in [-0.15, -0.1) is 0 Å². The maximum Gasteiger partial charge on any atom is 0.306 e. The second-order valence-electron chi connectivity index (χ2n) is 3.30. The summed E-state index contributed by atoms with van der Waals surface area (Å²) in [6, 6.07) is 0. The normalized spacial score (nSPS) is 30.5. The highest BCUT2D eigenvalue weighted by molar-refractivity contribution is 5.71. The topological polar surface area (TPSA) is 26.3 Å². The van der Waals surface area contributed by atoms with Crippen molar-refractivity contribution in [2.45, 2.75) is 45.6 Å². The fraction of sp³-hybridized carbons (Fsp3) is 0.889. The largest absolute Gasteiger partial charge is 0.462 e. The Morgan fingerprint density at radius 2 is 2.36 bits per heavy atom. The fourth-order valence-electron chi connectivity index (χ4n) is 1.53. The second kappa shape index (κ2) is 3.74. The third kappa shape index (κ3) is 2.21. The van der Waals surface area contributed by atoms with E-state index in [1.165, 1.54) is 12.8 Å². The van der Waals surface area contributed by atoms with E-state index in [0.717, 1.165) is 6.42 Å². The second-order valence-corrected chi connectivity index (χ2v) is 3.30. The molecule has 1 aliphatic rings. The van der Waals surface area contributed by atoms with E-state index in [4.69, 9.17) is 4.74 Å². The third-order valence-electron chi connectivity index (χ3n) is 2.34. The van der Waals surface area contributed by atoms with E-state index < -0.39 is 0 Å². The first-order valence-corrected chi connectivity index (χ1v) is 4.43. The van der Waals surface area contributed by atoms with Gasteiger partial charge in [-0.25, -0.2) is 0 Å². The molecule has 64 valence electrons. The van der Waals surface area contributed by atoms with Crippen LogP contribution in [0.4, 0.5) is 0 Å². The van der Waals surface area contributed by atoms with Crippen molar-refractivity contribution in [3.8, 4) is 0 Å². The lowest BCUT2D eigenvalue weighted by molar-refractivity contribution is -0.140. The summed E-state index contributed by atoms with van der Waals surface area (Å²) in [5.41, 5.74) is 0. The molecule has 11 heavy (non-hydrogen) atoms. The number of cyclic esters (lactones) is 1. The van der Waals surface area contributed by atoms with Crippen molar-refractivity contribution in [2.75, 3.05) is 0 Å². The summed E-state index contributed by atoms with van der Waals surface area (Å²) in [6.07, 6.45) is 4.36. The van der Waals surface area contributed by atoms with Gasteiger partial charge in [-0.2, -0.15) is 0 Å². The lowest BCUT2D eigenvalue weighted by Gasteiger charge is -2.10. The van der Waals surface area contributed by atoms with Crippen LogP contribution in [0.1, 0.15) is 39.5 Å². The number of unbranched alkanes of at least 4 members (excludes halogenated alkanes) is 1. The van der Waals surface area contributed by atoms with Gasteiger partial charge >= 0.3 is 5.97 Å².